The highest BCUT2D eigenvalue weighted by Gasteiger charge is 2.35. The molecular weight excluding hydrogens is 476 g/mol. The predicted molar refractivity (Wildman–Crippen MR) is 130 cm³/mol. The van der Waals surface area contributed by atoms with Gasteiger partial charge in [-0.25, -0.2) is 14.4 Å². The minimum atomic E-state index is -4.79. The van der Waals surface area contributed by atoms with Crippen molar-refractivity contribution in [3.8, 4) is 11.5 Å². The van der Waals surface area contributed by atoms with Crippen molar-refractivity contribution in [3.63, 3.8) is 0 Å². The van der Waals surface area contributed by atoms with Gasteiger partial charge in [-0.15, -0.1) is 0 Å². The van der Waals surface area contributed by atoms with Crippen molar-refractivity contribution in [1.82, 2.24) is 14.9 Å². The first-order valence-corrected chi connectivity index (χ1v) is 11.8. The molecule has 0 saturated heterocycles. The molecule has 0 spiro atoms. The van der Waals surface area contributed by atoms with Crippen LogP contribution in [0.3, 0.4) is 0 Å². The van der Waals surface area contributed by atoms with Gasteiger partial charge in [-0.2, -0.15) is 13.2 Å². The topological polar surface area (TPSA) is 59.5 Å². The van der Waals surface area contributed by atoms with Gasteiger partial charge in [-0.3, -0.25) is 4.90 Å². The highest BCUT2D eigenvalue weighted by atomic mass is 19.4. The Morgan fingerprint density at radius 3 is 2.50 bits per heavy atom. The van der Waals surface area contributed by atoms with Crippen LogP contribution in [0.1, 0.15) is 49.7 Å². The summed E-state index contributed by atoms with van der Waals surface area (Å²) < 4.78 is 66.1. The van der Waals surface area contributed by atoms with Crippen LogP contribution in [0.25, 0.3) is 10.9 Å². The Bertz CT molecular complexity index is 1250. The molecule has 2 atom stereocenters. The molecule has 1 aliphatic carbocycles. The third kappa shape index (κ3) is 5.64. The number of aryl methyl sites for hydroxylation is 1. The molecule has 0 radical (unpaired) electrons. The highest BCUT2D eigenvalue weighted by Crippen LogP contribution is 2.38. The van der Waals surface area contributed by atoms with Crippen LogP contribution < -0.4 is 14.8 Å². The number of ether oxygens (including phenoxy) is 2. The fourth-order valence-electron chi connectivity index (χ4n) is 4.32. The molecule has 0 bridgehead atoms. The molecule has 1 N–H and O–H groups in total. The third-order valence-electron chi connectivity index (χ3n) is 6.29. The fourth-order valence-corrected chi connectivity index (χ4v) is 4.32. The van der Waals surface area contributed by atoms with Gasteiger partial charge in [-0.05, 0) is 52.8 Å². The van der Waals surface area contributed by atoms with Crippen LogP contribution in [0.2, 0.25) is 0 Å². The van der Waals surface area contributed by atoms with Crippen LogP contribution in [-0.4, -0.2) is 47.7 Å². The van der Waals surface area contributed by atoms with Gasteiger partial charge < -0.3 is 14.8 Å². The smallest absolute Gasteiger partial charge is 0.419 e. The summed E-state index contributed by atoms with van der Waals surface area (Å²) in [6, 6.07) is 6.53. The molecule has 36 heavy (non-hydrogen) atoms. The first-order chi connectivity index (χ1) is 17.0. The molecule has 10 heteroatoms. The molecule has 1 aromatic heterocycles. The van der Waals surface area contributed by atoms with Crippen LogP contribution >= 0.6 is 0 Å². The maximum Gasteiger partial charge on any atom is 0.419 e. The maximum absolute atomic E-state index is 14.8. The third-order valence-corrected chi connectivity index (χ3v) is 6.29. The molecule has 1 saturated carbocycles. The number of methoxy groups -OCH3 is 1. The van der Waals surface area contributed by atoms with E-state index in [4.69, 9.17) is 9.47 Å². The first-order valence-electron chi connectivity index (χ1n) is 11.8. The summed E-state index contributed by atoms with van der Waals surface area (Å²) in [6.07, 6.45) is -2.52. The van der Waals surface area contributed by atoms with E-state index in [1.807, 2.05) is 6.92 Å². The van der Waals surface area contributed by atoms with Gasteiger partial charge in [-0.1, -0.05) is 12.1 Å². The fraction of sp³-hybridized carbons (Fsp3) is 0.462. The van der Waals surface area contributed by atoms with Crippen molar-refractivity contribution in [2.24, 2.45) is 0 Å². The second-order valence-electron chi connectivity index (χ2n) is 9.31. The number of nitrogens with one attached hydrogen (secondary N) is 1. The van der Waals surface area contributed by atoms with E-state index in [9.17, 15) is 17.6 Å². The molecule has 0 aliphatic heterocycles. The van der Waals surface area contributed by atoms with Gasteiger partial charge in [0.2, 0.25) is 0 Å². The van der Waals surface area contributed by atoms with Gasteiger partial charge in [0, 0.05) is 29.6 Å². The Morgan fingerprint density at radius 1 is 1.14 bits per heavy atom. The number of likely N-dealkylation sites (N-methyl/N-ethyl adjacent to an activating group) is 1. The number of hydrogen-bond acceptors (Lipinski definition) is 6. The van der Waals surface area contributed by atoms with E-state index in [0.29, 0.717) is 40.1 Å². The number of benzene rings is 2. The molecule has 1 aliphatic rings. The molecule has 1 heterocycles. The molecule has 0 unspecified atom stereocenters. The van der Waals surface area contributed by atoms with Crippen LogP contribution in [0.15, 0.2) is 30.3 Å². The molecule has 2 aromatic carbocycles. The number of halogens is 4. The Morgan fingerprint density at radius 2 is 1.86 bits per heavy atom. The van der Waals surface area contributed by atoms with E-state index in [0.717, 1.165) is 12.6 Å². The van der Waals surface area contributed by atoms with Crippen LogP contribution in [0.4, 0.5) is 23.4 Å². The minimum Gasteiger partial charge on any atom is -0.493 e. The summed E-state index contributed by atoms with van der Waals surface area (Å²) >= 11 is 0. The van der Waals surface area contributed by atoms with E-state index in [2.05, 4.69) is 27.2 Å². The normalized spacial score (nSPS) is 15.7. The van der Waals surface area contributed by atoms with Crippen molar-refractivity contribution < 1.29 is 27.0 Å². The zero-order chi connectivity index (χ0) is 26.2. The standard InChI is InChI=1S/C26H30F4N4O2/c1-14(13-34(4)17-9-10-17)36-23-11-19-21(12-22(23)35-5)32-16(3)33-25(19)31-15(2)18-7-6-8-20(24(18)27)26(28,29)30/h6-8,11-12,14-15,17H,9-10,13H2,1-5H3,(H,31,32,33)/t14-,15+/m0/s1. The molecule has 1 fully saturated rings. The molecule has 3 aromatic rings. The monoisotopic (exact) mass is 506 g/mol. The average Bonchev–Trinajstić information content (AvgIpc) is 3.64. The summed E-state index contributed by atoms with van der Waals surface area (Å²) in [4.78, 5) is 11.2. The highest BCUT2D eigenvalue weighted by molar-refractivity contribution is 5.92. The number of hydrogen-bond donors (Lipinski definition) is 1. The van der Waals surface area contributed by atoms with Crippen molar-refractivity contribution in [1.29, 1.82) is 0 Å². The lowest BCUT2D eigenvalue weighted by Gasteiger charge is -2.23. The lowest BCUT2D eigenvalue weighted by Crippen LogP contribution is -2.32. The van der Waals surface area contributed by atoms with Crippen LogP contribution in [0.5, 0.6) is 11.5 Å². The lowest BCUT2D eigenvalue weighted by molar-refractivity contribution is -0.140. The van der Waals surface area contributed by atoms with E-state index >= 15 is 0 Å². The van der Waals surface area contributed by atoms with E-state index in [1.165, 1.54) is 25.0 Å². The van der Waals surface area contributed by atoms with E-state index in [-0.39, 0.29) is 11.7 Å². The first kappa shape index (κ1) is 25.9. The Hall–Kier alpha value is -3.14. The summed E-state index contributed by atoms with van der Waals surface area (Å²) in [7, 11) is 3.61. The van der Waals surface area contributed by atoms with Crippen LogP contribution in [0, 0.1) is 12.7 Å². The Labute approximate surface area is 207 Å². The summed E-state index contributed by atoms with van der Waals surface area (Å²) in [5.74, 6) is 0.493. The quantitative estimate of drug-likeness (QED) is 0.352. The molecular formula is C26H30F4N4O2. The van der Waals surface area contributed by atoms with Gasteiger partial charge in [0.05, 0.1) is 24.2 Å². The summed E-state index contributed by atoms with van der Waals surface area (Å²) in [5, 5.41) is 3.65. The summed E-state index contributed by atoms with van der Waals surface area (Å²) in [6.45, 7) is 6.00. The number of fused-ring (bicyclic) bond motifs is 1. The van der Waals surface area contributed by atoms with Crippen molar-refractivity contribution in [2.45, 2.75) is 58.0 Å². The molecule has 4 rings (SSSR count). The minimum absolute atomic E-state index is 0.115. The van der Waals surface area contributed by atoms with Crippen molar-refractivity contribution in [3.05, 3.63) is 53.1 Å². The number of aromatic nitrogens is 2. The van der Waals surface area contributed by atoms with Gasteiger partial charge >= 0.3 is 6.18 Å². The number of nitrogens with zero attached hydrogens (tertiary/aromatic N) is 3. The largest absolute Gasteiger partial charge is 0.493 e. The molecule has 0 amide bonds. The molecule has 194 valence electrons. The Balaban J connectivity index is 1.66. The zero-order valence-corrected chi connectivity index (χ0v) is 20.9. The zero-order valence-electron chi connectivity index (χ0n) is 20.9. The average molecular weight is 507 g/mol. The number of anilines is 1. The number of alkyl halides is 3. The predicted octanol–water partition coefficient (Wildman–Crippen LogP) is 6.14. The van der Waals surface area contributed by atoms with E-state index in [1.54, 1.807) is 33.1 Å². The van der Waals surface area contributed by atoms with Gasteiger partial charge in [0.25, 0.3) is 0 Å². The maximum atomic E-state index is 14.8. The van der Waals surface area contributed by atoms with Crippen molar-refractivity contribution in [2.75, 3.05) is 26.0 Å². The second-order valence-corrected chi connectivity index (χ2v) is 9.31. The van der Waals surface area contributed by atoms with Crippen molar-refractivity contribution >= 4 is 16.7 Å². The van der Waals surface area contributed by atoms with Crippen LogP contribution in [-0.2, 0) is 6.18 Å². The lowest BCUT2D eigenvalue weighted by atomic mass is 10.0. The molecule has 6 nitrogen and oxygen atoms in total. The second kappa shape index (κ2) is 10.1. The SMILES string of the molecule is COc1cc2nc(C)nc(N[C@H](C)c3cccc(C(F)(F)F)c3F)c2cc1O[C@@H](C)CN(C)C1CC1. The van der Waals surface area contributed by atoms with Gasteiger partial charge in [0.15, 0.2) is 11.5 Å². The number of rotatable bonds is 9. The van der Waals surface area contributed by atoms with E-state index < -0.39 is 23.6 Å². The van der Waals surface area contributed by atoms with Gasteiger partial charge in [0.1, 0.15) is 23.6 Å². The Kier molecular flexibility index (Phi) is 7.26. The summed E-state index contributed by atoms with van der Waals surface area (Å²) in [5.41, 5.74) is -0.854.